The van der Waals surface area contributed by atoms with Gasteiger partial charge >= 0.3 is 0 Å². The van der Waals surface area contributed by atoms with E-state index in [-0.39, 0.29) is 11.7 Å². The van der Waals surface area contributed by atoms with Crippen LogP contribution in [0.25, 0.3) is 0 Å². The number of nitrogens with zero attached hydrogens (tertiary/aromatic N) is 1. The number of carbonyl (C=O) groups is 1. The number of thiophene rings is 1. The van der Waals surface area contributed by atoms with Crippen LogP contribution < -0.4 is 5.43 Å². The number of phenolic OH excluding ortho intramolecular Hbond substituents is 1. The zero-order valence-electron chi connectivity index (χ0n) is 11.8. The second-order valence-electron chi connectivity index (χ2n) is 5.17. The van der Waals surface area contributed by atoms with Gasteiger partial charge < -0.3 is 5.11 Å². The Morgan fingerprint density at radius 1 is 1.32 bits per heavy atom. The van der Waals surface area contributed by atoms with Gasteiger partial charge in [-0.1, -0.05) is 15.9 Å². The minimum atomic E-state index is -0.204. The van der Waals surface area contributed by atoms with Crippen molar-refractivity contribution in [2.45, 2.75) is 25.7 Å². The molecule has 2 aromatic rings. The van der Waals surface area contributed by atoms with Gasteiger partial charge in [0.2, 0.25) is 0 Å². The van der Waals surface area contributed by atoms with E-state index < -0.39 is 0 Å². The van der Waals surface area contributed by atoms with E-state index in [4.69, 9.17) is 0 Å². The van der Waals surface area contributed by atoms with Gasteiger partial charge in [-0.05, 0) is 55.5 Å². The summed E-state index contributed by atoms with van der Waals surface area (Å²) in [5, 5.41) is 13.6. The molecule has 0 saturated carbocycles. The summed E-state index contributed by atoms with van der Waals surface area (Å²) in [7, 11) is 0. The molecule has 1 heterocycles. The topological polar surface area (TPSA) is 61.7 Å². The van der Waals surface area contributed by atoms with Crippen LogP contribution in [0.3, 0.4) is 0 Å². The van der Waals surface area contributed by atoms with Crippen LogP contribution in [0.15, 0.2) is 33.8 Å². The standard InChI is InChI=1S/C16H15BrN2O2S/c17-12-5-6-13(20)11(7-12)9-18-19-16(21)15-8-10-3-1-2-4-14(10)22-15/h5-9,20H,1-4H2,(H,19,21)/b18-9+. The van der Waals surface area contributed by atoms with Crippen molar-refractivity contribution in [3.63, 3.8) is 0 Å². The van der Waals surface area contributed by atoms with E-state index >= 15 is 0 Å². The molecule has 4 nitrogen and oxygen atoms in total. The van der Waals surface area contributed by atoms with Crippen molar-refractivity contribution in [1.82, 2.24) is 5.43 Å². The normalized spacial score (nSPS) is 14.0. The van der Waals surface area contributed by atoms with Gasteiger partial charge in [-0.2, -0.15) is 5.10 Å². The van der Waals surface area contributed by atoms with Crippen LogP contribution in [0.2, 0.25) is 0 Å². The molecule has 0 saturated heterocycles. The van der Waals surface area contributed by atoms with Crippen LogP contribution in [-0.4, -0.2) is 17.2 Å². The highest BCUT2D eigenvalue weighted by atomic mass is 79.9. The molecular formula is C16H15BrN2O2S. The molecular weight excluding hydrogens is 364 g/mol. The number of phenols is 1. The predicted octanol–water partition coefficient (Wildman–Crippen LogP) is 3.86. The third-order valence-corrected chi connectivity index (χ3v) is 5.31. The Bertz CT molecular complexity index is 716. The Kier molecular flexibility index (Phi) is 4.59. The predicted molar refractivity (Wildman–Crippen MR) is 91.8 cm³/mol. The monoisotopic (exact) mass is 378 g/mol. The molecule has 2 N–H and O–H groups in total. The average Bonchev–Trinajstić information content (AvgIpc) is 2.94. The van der Waals surface area contributed by atoms with Crippen LogP contribution >= 0.6 is 27.3 Å². The van der Waals surface area contributed by atoms with Crippen LogP contribution in [0.5, 0.6) is 5.75 Å². The Morgan fingerprint density at radius 2 is 2.14 bits per heavy atom. The Labute approximate surface area is 141 Å². The maximum Gasteiger partial charge on any atom is 0.281 e. The van der Waals surface area contributed by atoms with Gasteiger partial charge in [0.1, 0.15) is 5.75 Å². The lowest BCUT2D eigenvalue weighted by atomic mass is 9.99. The molecule has 1 aliphatic carbocycles. The first-order valence-corrected chi connectivity index (χ1v) is 8.68. The van der Waals surface area contributed by atoms with Gasteiger partial charge in [0.05, 0.1) is 11.1 Å². The molecule has 0 radical (unpaired) electrons. The van der Waals surface area contributed by atoms with Crippen LogP contribution in [0.1, 0.15) is 38.5 Å². The van der Waals surface area contributed by atoms with E-state index in [1.54, 1.807) is 29.5 Å². The average molecular weight is 379 g/mol. The number of hydrogen-bond donors (Lipinski definition) is 2. The highest BCUT2D eigenvalue weighted by molar-refractivity contribution is 9.10. The Morgan fingerprint density at radius 3 is 2.95 bits per heavy atom. The molecule has 0 spiro atoms. The van der Waals surface area contributed by atoms with E-state index in [9.17, 15) is 9.90 Å². The first-order valence-electron chi connectivity index (χ1n) is 7.07. The molecule has 6 heteroatoms. The molecule has 0 bridgehead atoms. The molecule has 1 aromatic carbocycles. The zero-order valence-corrected chi connectivity index (χ0v) is 14.2. The Hall–Kier alpha value is -1.66. The molecule has 1 aliphatic rings. The van der Waals surface area contributed by atoms with Gasteiger partial charge in [-0.15, -0.1) is 11.3 Å². The number of aryl methyl sites for hydroxylation is 2. The summed E-state index contributed by atoms with van der Waals surface area (Å²) in [5.41, 5.74) is 4.36. The maximum atomic E-state index is 12.1. The SMILES string of the molecule is O=C(N/N=C/c1cc(Br)ccc1O)c1cc2c(s1)CCCC2. The van der Waals surface area contributed by atoms with Gasteiger partial charge in [-0.25, -0.2) is 5.43 Å². The third kappa shape index (κ3) is 3.39. The summed E-state index contributed by atoms with van der Waals surface area (Å²) >= 11 is 4.88. The number of carbonyl (C=O) groups excluding carboxylic acids is 1. The molecule has 0 atom stereocenters. The molecule has 1 aromatic heterocycles. The number of benzene rings is 1. The van der Waals surface area contributed by atoms with Gasteiger partial charge in [0.25, 0.3) is 5.91 Å². The highest BCUT2D eigenvalue weighted by Crippen LogP contribution is 2.29. The molecule has 0 unspecified atom stereocenters. The summed E-state index contributed by atoms with van der Waals surface area (Å²) in [6.07, 6.45) is 5.97. The second-order valence-corrected chi connectivity index (χ2v) is 7.22. The van der Waals surface area contributed by atoms with E-state index in [1.165, 1.54) is 29.5 Å². The first kappa shape index (κ1) is 15.2. The molecule has 0 fully saturated rings. The van der Waals surface area contributed by atoms with Crippen molar-refractivity contribution in [3.8, 4) is 5.75 Å². The minimum absolute atomic E-state index is 0.118. The van der Waals surface area contributed by atoms with Crippen molar-refractivity contribution in [2.24, 2.45) is 5.10 Å². The minimum Gasteiger partial charge on any atom is -0.507 e. The first-order chi connectivity index (χ1) is 10.6. The fourth-order valence-corrected chi connectivity index (χ4v) is 3.97. The number of hydrazone groups is 1. The smallest absolute Gasteiger partial charge is 0.281 e. The summed E-state index contributed by atoms with van der Waals surface area (Å²) < 4.78 is 0.837. The maximum absolute atomic E-state index is 12.1. The lowest BCUT2D eigenvalue weighted by molar-refractivity contribution is 0.0959. The number of halogens is 1. The number of rotatable bonds is 3. The van der Waals surface area contributed by atoms with Crippen LogP contribution in [0, 0.1) is 0 Å². The summed E-state index contributed by atoms with van der Waals surface area (Å²) in [4.78, 5) is 14.1. The lowest BCUT2D eigenvalue weighted by Crippen LogP contribution is -2.16. The number of fused-ring (bicyclic) bond motifs is 1. The third-order valence-electron chi connectivity index (χ3n) is 3.58. The summed E-state index contributed by atoms with van der Waals surface area (Å²) in [6, 6.07) is 7.01. The lowest BCUT2D eigenvalue weighted by Gasteiger charge is -2.08. The fraction of sp³-hybridized carbons (Fsp3) is 0.250. The number of aromatic hydroxyl groups is 1. The summed E-state index contributed by atoms with van der Waals surface area (Å²) in [6.45, 7) is 0. The van der Waals surface area contributed by atoms with E-state index in [0.29, 0.717) is 10.4 Å². The van der Waals surface area contributed by atoms with E-state index in [1.807, 2.05) is 6.07 Å². The molecule has 22 heavy (non-hydrogen) atoms. The van der Waals surface area contributed by atoms with Gasteiger partial charge in [-0.3, -0.25) is 4.79 Å². The van der Waals surface area contributed by atoms with Crippen molar-refractivity contribution >= 4 is 39.4 Å². The highest BCUT2D eigenvalue weighted by Gasteiger charge is 2.16. The van der Waals surface area contributed by atoms with Crippen molar-refractivity contribution in [2.75, 3.05) is 0 Å². The van der Waals surface area contributed by atoms with Gasteiger partial charge in [0.15, 0.2) is 0 Å². The number of nitrogens with one attached hydrogen (secondary N) is 1. The van der Waals surface area contributed by atoms with E-state index in [2.05, 4.69) is 26.5 Å². The fourth-order valence-electron chi connectivity index (χ4n) is 2.45. The number of amides is 1. The Balaban J connectivity index is 1.68. The van der Waals surface area contributed by atoms with Crippen molar-refractivity contribution in [1.29, 1.82) is 0 Å². The van der Waals surface area contributed by atoms with Crippen molar-refractivity contribution in [3.05, 3.63) is 49.6 Å². The van der Waals surface area contributed by atoms with Crippen LogP contribution in [0.4, 0.5) is 0 Å². The molecule has 0 aliphatic heterocycles. The van der Waals surface area contributed by atoms with Crippen molar-refractivity contribution < 1.29 is 9.90 Å². The van der Waals surface area contributed by atoms with Crippen LogP contribution in [-0.2, 0) is 12.8 Å². The summed E-state index contributed by atoms with van der Waals surface area (Å²) in [5.74, 6) is -0.0853. The quantitative estimate of drug-likeness (QED) is 0.629. The van der Waals surface area contributed by atoms with Gasteiger partial charge in [0, 0.05) is 14.9 Å². The largest absolute Gasteiger partial charge is 0.507 e. The second kappa shape index (κ2) is 6.62. The molecule has 3 rings (SSSR count). The molecule has 114 valence electrons. The van der Waals surface area contributed by atoms with E-state index in [0.717, 1.165) is 17.3 Å². The number of hydrogen-bond acceptors (Lipinski definition) is 4. The zero-order chi connectivity index (χ0) is 15.5. The molecule has 1 amide bonds.